The lowest BCUT2D eigenvalue weighted by Gasteiger charge is -2.07. The molecule has 0 saturated carbocycles. The van der Waals surface area contributed by atoms with E-state index in [1.54, 1.807) is 24.3 Å². The van der Waals surface area contributed by atoms with Gasteiger partial charge in [0.2, 0.25) is 5.91 Å². The molecule has 2 aromatic rings. The summed E-state index contributed by atoms with van der Waals surface area (Å²) >= 11 is 0.998. The fourth-order valence-corrected chi connectivity index (χ4v) is 2.57. The summed E-state index contributed by atoms with van der Waals surface area (Å²) in [6, 6.07) is 8.76. The van der Waals surface area contributed by atoms with Gasteiger partial charge in [-0.2, -0.15) is 0 Å². The zero-order valence-electron chi connectivity index (χ0n) is 10.4. The van der Waals surface area contributed by atoms with Gasteiger partial charge in [-0.25, -0.2) is 8.78 Å². The third-order valence-corrected chi connectivity index (χ3v) is 3.77. The number of nitrogens with two attached hydrogens (primary N) is 2. The minimum absolute atomic E-state index is 0.0417. The highest BCUT2D eigenvalue weighted by Gasteiger charge is 2.11. The molecule has 0 atom stereocenters. The maximum atomic E-state index is 13.6. The van der Waals surface area contributed by atoms with E-state index in [2.05, 4.69) is 0 Å². The smallest absolute Gasteiger partial charge is 0.248 e. The van der Waals surface area contributed by atoms with E-state index in [1.165, 1.54) is 0 Å². The lowest BCUT2D eigenvalue weighted by molar-refractivity contribution is 0.1000. The lowest BCUT2D eigenvalue weighted by atomic mass is 10.1. The number of anilines is 1. The summed E-state index contributed by atoms with van der Waals surface area (Å²) in [5.74, 6) is -1.61. The Bertz CT molecular complexity index is 638. The first-order valence-corrected chi connectivity index (χ1v) is 6.72. The van der Waals surface area contributed by atoms with Gasteiger partial charge in [-0.3, -0.25) is 4.79 Å². The number of hydrogen-bond acceptors (Lipinski definition) is 3. The van der Waals surface area contributed by atoms with Crippen molar-refractivity contribution in [1.82, 2.24) is 0 Å². The first kappa shape index (κ1) is 14.3. The largest absolute Gasteiger partial charge is 0.399 e. The number of benzene rings is 2. The van der Waals surface area contributed by atoms with Gasteiger partial charge in [0.25, 0.3) is 0 Å². The molecule has 0 spiro atoms. The topological polar surface area (TPSA) is 69.1 Å². The van der Waals surface area contributed by atoms with Crippen molar-refractivity contribution in [2.75, 3.05) is 5.73 Å². The van der Waals surface area contributed by atoms with E-state index in [1.807, 2.05) is 0 Å². The van der Waals surface area contributed by atoms with Crippen molar-refractivity contribution in [2.45, 2.75) is 10.6 Å². The van der Waals surface area contributed by atoms with Gasteiger partial charge in [-0.05, 0) is 29.8 Å². The van der Waals surface area contributed by atoms with Gasteiger partial charge in [0, 0.05) is 17.0 Å². The summed E-state index contributed by atoms with van der Waals surface area (Å²) < 4.78 is 27.2. The predicted octanol–water partition coefficient (Wildman–Crippen LogP) is 2.94. The number of amides is 1. The van der Waals surface area contributed by atoms with Crippen molar-refractivity contribution in [3.63, 3.8) is 0 Å². The van der Waals surface area contributed by atoms with Crippen molar-refractivity contribution in [1.29, 1.82) is 0 Å². The minimum atomic E-state index is -0.696. The van der Waals surface area contributed by atoms with Gasteiger partial charge < -0.3 is 11.5 Å². The summed E-state index contributed by atoms with van der Waals surface area (Å²) in [5.41, 5.74) is 11.7. The molecule has 3 nitrogen and oxygen atoms in total. The van der Waals surface area contributed by atoms with Crippen molar-refractivity contribution >= 4 is 23.4 Å². The average Bonchev–Trinajstić information content (AvgIpc) is 2.37. The minimum Gasteiger partial charge on any atom is -0.399 e. The number of hydrogen-bond donors (Lipinski definition) is 2. The van der Waals surface area contributed by atoms with E-state index in [-0.39, 0.29) is 10.6 Å². The molecule has 0 saturated heterocycles. The Labute approximate surface area is 119 Å². The molecule has 0 aliphatic carbocycles. The zero-order valence-corrected chi connectivity index (χ0v) is 11.2. The monoisotopic (exact) mass is 294 g/mol. The predicted molar refractivity (Wildman–Crippen MR) is 75.3 cm³/mol. The molecule has 0 aromatic heterocycles. The first-order chi connectivity index (χ1) is 9.47. The number of carbonyl (C=O) groups excluding carboxylic acids is 1. The fraction of sp³-hybridized carbons (Fsp3) is 0.0714. The van der Waals surface area contributed by atoms with Crippen LogP contribution in [0.3, 0.4) is 0 Å². The third kappa shape index (κ3) is 3.27. The molecular weight excluding hydrogens is 282 g/mol. The first-order valence-electron chi connectivity index (χ1n) is 5.73. The van der Waals surface area contributed by atoms with Crippen LogP contribution in [-0.2, 0) is 5.75 Å². The summed E-state index contributed by atoms with van der Waals surface area (Å²) in [4.78, 5) is 11.0. The SMILES string of the molecule is NC(=O)c1cccc(CSc2c(F)cc(N)cc2F)c1. The molecule has 104 valence electrons. The standard InChI is InChI=1S/C14H12F2N2OS/c15-11-5-10(17)6-12(16)13(11)20-7-8-2-1-3-9(4-8)14(18)19/h1-6H,7,17H2,(H2,18,19). The number of carbonyl (C=O) groups is 1. The van der Waals surface area contributed by atoms with Gasteiger partial charge in [0.15, 0.2) is 0 Å². The van der Waals surface area contributed by atoms with Crippen LogP contribution in [0.2, 0.25) is 0 Å². The highest BCUT2D eigenvalue weighted by molar-refractivity contribution is 7.98. The van der Waals surface area contributed by atoms with Crippen LogP contribution in [0.15, 0.2) is 41.3 Å². The van der Waals surface area contributed by atoms with Crippen LogP contribution in [0.5, 0.6) is 0 Å². The molecule has 0 bridgehead atoms. The molecule has 0 fully saturated rings. The quantitative estimate of drug-likeness (QED) is 0.673. The zero-order chi connectivity index (χ0) is 14.7. The van der Waals surface area contributed by atoms with Crippen molar-refractivity contribution in [2.24, 2.45) is 5.73 Å². The average molecular weight is 294 g/mol. The Morgan fingerprint density at radius 2 is 1.80 bits per heavy atom. The van der Waals surface area contributed by atoms with Crippen LogP contribution < -0.4 is 11.5 Å². The molecule has 0 aliphatic heterocycles. The molecule has 2 aromatic carbocycles. The maximum absolute atomic E-state index is 13.6. The van der Waals surface area contributed by atoms with Crippen LogP contribution in [0.1, 0.15) is 15.9 Å². The number of rotatable bonds is 4. The Balaban J connectivity index is 2.17. The molecule has 0 radical (unpaired) electrons. The van der Waals surface area contributed by atoms with Crippen LogP contribution >= 0.6 is 11.8 Å². The van der Waals surface area contributed by atoms with Crippen molar-refractivity contribution in [3.8, 4) is 0 Å². The Hall–Kier alpha value is -2.08. The van der Waals surface area contributed by atoms with E-state index >= 15 is 0 Å². The van der Waals surface area contributed by atoms with Crippen LogP contribution in [0.25, 0.3) is 0 Å². The summed E-state index contributed by atoms with van der Waals surface area (Å²) in [5, 5.41) is 0. The Morgan fingerprint density at radius 1 is 1.15 bits per heavy atom. The van der Waals surface area contributed by atoms with Gasteiger partial charge in [0.1, 0.15) is 11.6 Å². The lowest BCUT2D eigenvalue weighted by Crippen LogP contribution is -2.10. The van der Waals surface area contributed by atoms with Crippen molar-refractivity contribution < 1.29 is 13.6 Å². The Morgan fingerprint density at radius 3 is 2.40 bits per heavy atom. The van der Waals surface area contributed by atoms with E-state index in [9.17, 15) is 13.6 Å². The molecule has 6 heteroatoms. The molecule has 0 aliphatic rings. The maximum Gasteiger partial charge on any atom is 0.248 e. The van der Waals surface area contributed by atoms with E-state index in [0.717, 1.165) is 29.5 Å². The van der Waals surface area contributed by atoms with E-state index in [0.29, 0.717) is 11.3 Å². The van der Waals surface area contributed by atoms with Crippen LogP contribution in [0.4, 0.5) is 14.5 Å². The molecule has 2 rings (SSSR count). The van der Waals surface area contributed by atoms with E-state index in [4.69, 9.17) is 11.5 Å². The van der Waals surface area contributed by atoms with Crippen LogP contribution in [0, 0.1) is 11.6 Å². The molecule has 1 amide bonds. The normalized spacial score (nSPS) is 10.5. The summed E-state index contributed by atoms with van der Waals surface area (Å²) in [7, 11) is 0. The molecule has 20 heavy (non-hydrogen) atoms. The fourth-order valence-electron chi connectivity index (χ4n) is 1.69. The molecular formula is C14H12F2N2OS. The van der Waals surface area contributed by atoms with Crippen LogP contribution in [-0.4, -0.2) is 5.91 Å². The third-order valence-electron chi connectivity index (χ3n) is 2.62. The van der Waals surface area contributed by atoms with E-state index < -0.39 is 17.5 Å². The van der Waals surface area contributed by atoms with Gasteiger partial charge >= 0.3 is 0 Å². The highest BCUT2D eigenvalue weighted by atomic mass is 32.2. The number of nitrogen functional groups attached to an aromatic ring is 1. The van der Waals surface area contributed by atoms with Gasteiger partial charge in [-0.1, -0.05) is 12.1 Å². The molecule has 0 heterocycles. The molecule has 0 unspecified atom stereocenters. The van der Waals surface area contributed by atoms with Gasteiger partial charge in [0.05, 0.1) is 4.90 Å². The second kappa shape index (κ2) is 5.92. The second-order valence-corrected chi connectivity index (χ2v) is 5.15. The second-order valence-electron chi connectivity index (χ2n) is 4.17. The number of thioether (sulfide) groups is 1. The summed E-state index contributed by atoms with van der Waals surface area (Å²) in [6.45, 7) is 0. The Kier molecular flexibility index (Phi) is 4.24. The highest BCUT2D eigenvalue weighted by Crippen LogP contribution is 2.30. The van der Waals surface area contributed by atoms with Gasteiger partial charge in [-0.15, -0.1) is 11.8 Å². The van der Waals surface area contributed by atoms with Crippen molar-refractivity contribution in [3.05, 3.63) is 59.2 Å². The number of halogens is 2. The molecule has 4 N–H and O–H groups in total. The number of primary amides is 1. The summed E-state index contributed by atoms with van der Waals surface area (Å²) in [6.07, 6.45) is 0.